The molecule has 146 valence electrons. The Bertz CT molecular complexity index is 850. The molecule has 2 amide bonds. The largest absolute Gasteiger partial charge is 0.481 e. The minimum Gasteiger partial charge on any atom is -0.481 e. The number of nitrogens with two attached hydrogens (primary N) is 1. The van der Waals surface area contributed by atoms with E-state index >= 15 is 0 Å². The van der Waals surface area contributed by atoms with Crippen molar-refractivity contribution in [3.8, 4) is 0 Å². The van der Waals surface area contributed by atoms with E-state index in [0.29, 0.717) is 16.7 Å². The fraction of sp³-hybridized carbons (Fsp3) is 0.200. The molecule has 0 aliphatic carbocycles. The number of nitrogens with one attached hydrogen (secondary N) is 3. The second-order valence-electron chi connectivity index (χ2n) is 6.10. The first-order valence-corrected chi connectivity index (χ1v) is 8.65. The molecule has 0 fully saturated rings. The maximum Gasteiger partial charge on any atom is 0.312 e. The van der Waals surface area contributed by atoms with E-state index in [9.17, 15) is 19.5 Å². The van der Waals surface area contributed by atoms with Crippen molar-refractivity contribution in [1.29, 1.82) is 5.41 Å². The fourth-order valence-electron chi connectivity index (χ4n) is 2.53. The molecule has 2 rings (SSSR count). The van der Waals surface area contributed by atoms with E-state index in [-0.39, 0.29) is 37.2 Å². The van der Waals surface area contributed by atoms with Crippen LogP contribution in [-0.2, 0) is 9.59 Å². The Morgan fingerprint density at radius 1 is 0.964 bits per heavy atom. The van der Waals surface area contributed by atoms with Gasteiger partial charge in [0.2, 0.25) is 5.91 Å². The van der Waals surface area contributed by atoms with Crippen LogP contribution < -0.4 is 16.4 Å². The summed E-state index contributed by atoms with van der Waals surface area (Å²) in [6.07, 6.45) is 0.0262. The van der Waals surface area contributed by atoms with Gasteiger partial charge in [-0.2, -0.15) is 0 Å². The van der Waals surface area contributed by atoms with Crippen molar-refractivity contribution < 1.29 is 19.5 Å². The smallest absolute Gasteiger partial charge is 0.312 e. The van der Waals surface area contributed by atoms with E-state index in [2.05, 4.69) is 10.6 Å². The number of benzene rings is 2. The van der Waals surface area contributed by atoms with Gasteiger partial charge in [-0.3, -0.25) is 19.8 Å². The highest BCUT2D eigenvalue weighted by Gasteiger charge is 2.20. The van der Waals surface area contributed by atoms with Crippen molar-refractivity contribution in [2.75, 3.05) is 13.1 Å². The van der Waals surface area contributed by atoms with Crippen molar-refractivity contribution in [2.24, 2.45) is 5.73 Å². The van der Waals surface area contributed by atoms with E-state index in [4.69, 9.17) is 11.1 Å². The molecule has 0 aromatic heterocycles. The van der Waals surface area contributed by atoms with E-state index in [1.807, 2.05) is 0 Å². The van der Waals surface area contributed by atoms with Crippen LogP contribution in [0.5, 0.6) is 0 Å². The fourth-order valence-corrected chi connectivity index (χ4v) is 2.53. The Balaban J connectivity index is 1.78. The number of aliphatic carboxylic acids is 1. The van der Waals surface area contributed by atoms with Gasteiger partial charge in [0.15, 0.2) is 0 Å². The molecule has 6 N–H and O–H groups in total. The van der Waals surface area contributed by atoms with Crippen molar-refractivity contribution in [3.05, 3.63) is 71.3 Å². The summed E-state index contributed by atoms with van der Waals surface area (Å²) in [7, 11) is 0. The van der Waals surface area contributed by atoms with E-state index < -0.39 is 11.9 Å². The third kappa shape index (κ3) is 5.94. The number of carboxylic acid groups (broad SMARTS) is 1. The number of carbonyl (C=O) groups excluding carboxylic acids is 2. The lowest BCUT2D eigenvalue weighted by atomic mass is 9.99. The summed E-state index contributed by atoms with van der Waals surface area (Å²) >= 11 is 0. The number of hydrogen-bond acceptors (Lipinski definition) is 4. The summed E-state index contributed by atoms with van der Waals surface area (Å²) in [6, 6.07) is 14.9. The highest BCUT2D eigenvalue weighted by atomic mass is 16.4. The first kappa shape index (κ1) is 20.6. The summed E-state index contributed by atoms with van der Waals surface area (Å²) < 4.78 is 0. The molecule has 8 heteroatoms. The second-order valence-corrected chi connectivity index (χ2v) is 6.10. The van der Waals surface area contributed by atoms with Gasteiger partial charge in [-0.25, -0.2) is 0 Å². The van der Waals surface area contributed by atoms with E-state index in [1.165, 1.54) is 0 Å². The molecule has 0 bridgehead atoms. The van der Waals surface area contributed by atoms with E-state index in [0.717, 1.165) is 0 Å². The number of rotatable bonds is 9. The van der Waals surface area contributed by atoms with E-state index in [1.54, 1.807) is 54.6 Å². The molecule has 0 heterocycles. The van der Waals surface area contributed by atoms with Gasteiger partial charge >= 0.3 is 5.97 Å². The lowest BCUT2D eigenvalue weighted by Gasteiger charge is -2.14. The molecule has 2 aromatic rings. The van der Waals surface area contributed by atoms with Gasteiger partial charge in [0.05, 0.1) is 5.92 Å². The van der Waals surface area contributed by atoms with Crippen LogP contribution in [-0.4, -0.2) is 41.8 Å². The number of amidine groups is 1. The minimum atomic E-state index is -1.02. The molecule has 0 aliphatic heterocycles. The Labute approximate surface area is 162 Å². The van der Waals surface area contributed by atoms with Gasteiger partial charge in [0.1, 0.15) is 5.84 Å². The molecule has 0 saturated heterocycles. The van der Waals surface area contributed by atoms with Gasteiger partial charge in [-0.15, -0.1) is 0 Å². The third-order valence-corrected chi connectivity index (χ3v) is 4.10. The molecule has 1 atom stereocenters. The second kappa shape index (κ2) is 9.86. The highest BCUT2D eigenvalue weighted by molar-refractivity contribution is 5.98. The maximum atomic E-state index is 12.0. The van der Waals surface area contributed by atoms with Gasteiger partial charge in [0, 0.05) is 30.6 Å². The van der Waals surface area contributed by atoms with Crippen molar-refractivity contribution in [3.63, 3.8) is 0 Å². The predicted octanol–water partition coefficient (Wildman–Crippen LogP) is 1.08. The first-order chi connectivity index (χ1) is 13.4. The summed E-state index contributed by atoms with van der Waals surface area (Å²) in [5.41, 5.74) is 6.87. The SMILES string of the molecule is N=C(N)c1ccc(C(=O)NCCC(=O)NCC(C(=O)O)c2ccccc2)cc1. The Morgan fingerprint density at radius 3 is 2.14 bits per heavy atom. The topological polar surface area (TPSA) is 145 Å². The third-order valence-electron chi connectivity index (χ3n) is 4.10. The van der Waals surface area contributed by atoms with Gasteiger partial charge in [0.25, 0.3) is 5.91 Å². The van der Waals surface area contributed by atoms with Crippen LogP contribution in [0.25, 0.3) is 0 Å². The number of amides is 2. The molecule has 1 unspecified atom stereocenters. The zero-order chi connectivity index (χ0) is 20.5. The average molecular weight is 382 g/mol. The molecular formula is C20H22N4O4. The lowest BCUT2D eigenvalue weighted by Crippen LogP contribution is -2.34. The molecule has 8 nitrogen and oxygen atoms in total. The maximum absolute atomic E-state index is 12.0. The number of hydrogen-bond donors (Lipinski definition) is 5. The lowest BCUT2D eigenvalue weighted by molar-refractivity contribution is -0.138. The van der Waals surface area contributed by atoms with Crippen LogP contribution in [0.1, 0.15) is 33.8 Å². The highest BCUT2D eigenvalue weighted by Crippen LogP contribution is 2.14. The summed E-state index contributed by atoms with van der Waals surface area (Å²) in [5, 5.41) is 21.9. The number of nitrogen functional groups attached to an aromatic ring is 1. The quantitative estimate of drug-likeness (QED) is 0.325. The van der Waals surface area contributed by atoms with Crippen LogP contribution >= 0.6 is 0 Å². The standard InChI is InChI=1S/C20H22N4O4/c21-18(22)14-6-8-15(9-7-14)19(26)23-11-10-17(25)24-12-16(20(27)28)13-4-2-1-3-5-13/h1-9,16H,10-12H2,(H3,21,22)(H,23,26)(H,24,25)(H,27,28). The number of carbonyl (C=O) groups is 3. The molecular weight excluding hydrogens is 360 g/mol. The monoisotopic (exact) mass is 382 g/mol. The predicted molar refractivity (Wildman–Crippen MR) is 104 cm³/mol. The molecule has 2 aromatic carbocycles. The molecule has 0 spiro atoms. The van der Waals surface area contributed by atoms with Gasteiger partial charge < -0.3 is 21.5 Å². The molecule has 0 aliphatic rings. The van der Waals surface area contributed by atoms with Crippen LogP contribution in [0.15, 0.2) is 54.6 Å². The Kier molecular flexibility index (Phi) is 7.27. The Hall–Kier alpha value is -3.68. The summed E-state index contributed by atoms with van der Waals surface area (Å²) in [5.74, 6) is -2.64. The van der Waals surface area contributed by atoms with Crippen LogP contribution in [0.3, 0.4) is 0 Å². The summed E-state index contributed by atoms with van der Waals surface area (Å²) in [6.45, 7) is 0.0842. The van der Waals surface area contributed by atoms with Crippen molar-refractivity contribution in [1.82, 2.24) is 10.6 Å². The normalized spacial score (nSPS) is 11.3. The van der Waals surface area contributed by atoms with Crippen LogP contribution in [0.4, 0.5) is 0 Å². The summed E-state index contributed by atoms with van der Waals surface area (Å²) in [4.78, 5) is 35.4. The zero-order valence-corrected chi connectivity index (χ0v) is 15.1. The average Bonchev–Trinajstić information content (AvgIpc) is 2.68. The van der Waals surface area contributed by atoms with Crippen LogP contribution in [0.2, 0.25) is 0 Å². The number of carboxylic acids is 1. The zero-order valence-electron chi connectivity index (χ0n) is 15.1. The molecule has 28 heavy (non-hydrogen) atoms. The van der Waals surface area contributed by atoms with Crippen LogP contribution in [0, 0.1) is 5.41 Å². The van der Waals surface area contributed by atoms with Gasteiger partial charge in [-0.05, 0) is 17.7 Å². The molecule has 0 saturated carbocycles. The van der Waals surface area contributed by atoms with Gasteiger partial charge in [-0.1, -0.05) is 42.5 Å². The molecule has 0 radical (unpaired) electrons. The first-order valence-electron chi connectivity index (χ1n) is 8.65. The van der Waals surface area contributed by atoms with Crippen molar-refractivity contribution >= 4 is 23.6 Å². The van der Waals surface area contributed by atoms with Crippen molar-refractivity contribution in [2.45, 2.75) is 12.3 Å². The Morgan fingerprint density at radius 2 is 1.57 bits per heavy atom. The minimum absolute atomic E-state index is 0.0262.